The van der Waals surface area contributed by atoms with Gasteiger partial charge in [0.2, 0.25) is 17.9 Å². The lowest BCUT2D eigenvalue weighted by Gasteiger charge is -2.10. The molecule has 29 heavy (non-hydrogen) atoms. The molecule has 3 aromatic rings. The van der Waals surface area contributed by atoms with E-state index in [1.165, 1.54) is 11.8 Å². The topological polar surface area (TPSA) is 98.4 Å². The molecule has 0 saturated heterocycles. The number of carbonyl (C=O) groups excluding carboxylic acids is 1. The molecular weight excluding hydrogens is 416 g/mol. The van der Waals surface area contributed by atoms with Crippen LogP contribution in [-0.4, -0.2) is 33.1 Å². The summed E-state index contributed by atoms with van der Waals surface area (Å²) >= 11 is 7.10. The van der Waals surface area contributed by atoms with Gasteiger partial charge in [0, 0.05) is 16.8 Å². The molecule has 1 aromatic heterocycles. The van der Waals surface area contributed by atoms with Gasteiger partial charge in [0.05, 0.1) is 5.25 Å². The number of hydrogen-bond acceptors (Lipinski definition) is 7. The third-order valence-electron chi connectivity index (χ3n) is 3.99. The summed E-state index contributed by atoms with van der Waals surface area (Å²) in [6.45, 7) is 2.20. The van der Waals surface area contributed by atoms with Crippen LogP contribution < -0.4 is 19.5 Å². The van der Waals surface area contributed by atoms with E-state index in [4.69, 9.17) is 25.8 Å². The molecular formula is C19H17ClN4O4S. The van der Waals surface area contributed by atoms with Gasteiger partial charge in [-0.2, -0.15) is 0 Å². The number of nitrogens with one attached hydrogen (secondary N) is 2. The maximum Gasteiger partial charge on any atom is 0.237 e. The SMILES string of the molecule is CC(Sc1n[nH]c(COc2ccc(Cl)cc2)n1)C(=O)Nc1ccc2c(c1)OCO2. The number of H-pyrrole nitrogens is 1. The number of halogens is 1. The fourth-order valence-corrected chi connectivity index (χ4v) is 3.38. The lowest BCUT2D eigenvalue weighted by atomic mass is 10.2. The molecule has 2 heterocycles. The van der Waals surface area contributed by atoms with Crippen molar-refractivity contribution in [2.45, 2.75) is 23.9 Å². The first-order valence-corrected chi connectivity index (χ1v) is 9.99. The van der Waals surface area contributed by atoms with Crippen molar-refractivity contribution < 1.29 is 19.0 Å². The van der Waals surface area contributed by atoms with E-state index in [1.807, 2.05) is 0 Å². The third kappa shape index (κ3) is 4.93. The maximum absolute atomic E-state index is 12.5. The second kappa shape index (κ2) is 8.62. The summed E-state index contributed by atoms with van der Waals surface area (Å²) in [7, 11) is 0. The molecule has 0 saturated carbocycles. The van der Waals surface area contributed by atoms with Crippen molar-refractivity contribution in [1.82, 2.24) is 15.2 Å². The van der Waals surface area contributed by atoms with Crippen LogP contribution in [0.4, 0.5) is 5.69 Å². The van der Waals surface area contributed by atoms with E-state index in [0.29, 0.717) is 38.9 Å². The smallest absolute Gasteiger partial charge is 0.237 e. The summed E-state index contributed by atoms with van der Waals surface area (Å²) in [5.74, 6) is 2.35. The molecule has 4 rings (SSSR count). The van der Waals surface area contributed by atoms with Crippen molar-refractivity contribution in [1.29, 1.82) is 0 Å². The number of carbonyl (C=O) groups is 1. The van der Waals surface area contributed by atoms with Crippen LogP contribution in [0.3, 0.4) is 0 Å². The van der Waals surface area contributed by atoms with Gasteiger partial charge in [-0.15, -0.1) is 5.10 Å². The van der Waals surface area contributed by atoms with Crippen molar-refractivity contribution >= 4 is 35.0 Å². The van der Waals surface area contributed by atoms with E-state index in [-0.39, 0.29) is 19.3 Å². The molecule has 0 spiro atoms. The molecule has 2 aromatic carbocycles. The molecule has 1 unspecified atom stereocenters. The highest BCUT2D eigenvalue weighted by atomic mass is 35.5. The second-order valence-electron chi connectivity index (χ2n) is 6.12. The van der Waals surface area contributed by atoms with Gasteiger partial charge in [0.25, 0.3) is 0 Å². The number of anilines is 1. The highest BCUT2D eigenvalue weighted by Crippen LogP contribution is 2.34. The van der Waals surface area contributed by atoms with Crippen LogP contribution in [0.2, 0.25) is 5.02 Å². The fourth-order valence-electron chi connectivity index (χ4n) is 2.51. The standard InChI is InChI=1S/C19H17ClN4O4S/c1-11(18(25)21-13-4-7-15-16(8-13)28-10-27-15)29-19-22-17(23-24-19)9-26-14-5-2-12(20)3-6-14/h2-8,11H,9-10H2,1H3,(H,21,25)(H,22,23,24). The molecule has 1 amide bonds. The second-order valence-corrected chi connectivity index (χ2v) is 7.87. The number of nitrogens with zero attached hydrogens (tertiary/aromatic N) is 2. The number of ether oxygens (including phenoxy) is 3. The van der Waals surface area contributed by atoms with Crippen molar-refractivity contribution in [2.75, 3.05) is 12.1 Å². The highest BCUT2D eigenvalue weighted by Gasteiger charge is 2.19. The number of amides is 1. The normalized spacial score (nSPS) is 13.2. The molecule has 8 nitrogen and oxygen atoms in total. The Kier molecular flexibility index (Phi) is 5.77. The molecule has 2 N–H and O–H groups in total. The first kappa shape index (κ1) is 19.4. The van der Waals surface area contributed by atoms with Crippen molar-refractivity contribution in [2.24, 2.45) is 0 Å². The van der Waals surface area contributed by atoms with Gasteiger partial charge in [0.1, 0.15) is 12.4 Å². The fraction of sp³-hybridized carbons (Fsp3) is 0.211. The van der Waals surface area contributed by atoms with Gasteiger partial charge in [-0.3, -0.25) is 9.89 Å². The van der Waals surface area contributed by atoms with Crippen LogP contribution in [0.5, 0.6) is 17.2 Å². The van der Waals surface area contributed by atoms with E-state index in [0.717, 1.165) is 0 Å². The van der Waals surface area contributed by atoms with E-state index >= 15 is 0 Å². The predicted molar refractivity (Wildman–Crippen MR) is 109 cm³/mol. The summed E-state index contributed by atoms with van der Waals surface area (Å²) in [4.78, 5) is 16.8. The molecule has 0 fully saturated rings. The lowest BCUT2D eigenvalue weighted by Crippen LogP contribution is -2.22. The Bertz CT molecular complexity index is 1010. The monoisotopic (exact) mass is 432 g/mol. The van der Waals surface area contributed by atoms with Crippen LogP contribution in [0.15, 0.2) is 47.6 Å². The molecule has 1 atom stereocenters. The van der Waals surface area contributed by atoms with E-state index in [2.05, 4.69) is 20.5 Å². The van der Waals surface area contributed by atoms with Gasteiger partial charge >= 0.3 is 0 Å². The summed E-state index contributed by atoms with van der Waals surface area (Å²) in [5.41, 5.74) is 0.638. The van der Waals surface area contributed by atoms with E-state index < -0.39 is 5.25 Å². The lowest BCUT2D eigenvalue weighted by molar-refractivity contribution is -0.115. The first-order valence-electron chi connectivity index (χ1n) is 8.73. The zero-order valence-corrected chi connectivity index (χ0v) is 16.9. The minimum atomic E-state index is -0.402. The molecule has 1 aliphatic rings. The minimum Gasteiger partial charge on any atom is -0.486 e. The Labute approximate surface area is 175 Å². The van der Waals surface area contributed by atoms with Crippen LogP contribution in [0, 0.1) is 0 Å². The Morgan fingerprint density at radius 3 is 2.90 bits per heavy atom. The minimum absolute atomic E-state index is 0.169. The first-order chi connectivity index (χ1) is 14.1. The number of thioether (sulfide) groups is 1. The van der Waals surface area contributed by atoms with Crippen LogP contribution in [0.1, 0.15) is 12.7 Å². The van der Waals surface area contributed by atoms with Gasteiger partial charge in [-0.25, -0.2) is 4.98 Å². The maximum atomic E-state index is 12.5. The Morgan fingerprint density at radius 2 is 2.07 bits per heavy atom. The van der Waals surface area contributed by atoms with E-state index in [9.17, 15) is 4.79 Å². The van der Waals surface area contributed by atoms with Crippen molar-refractivity contribution in [3.8, 4) is 17.2 Å². The molecule has 10 heteroatoms. The molecule has 0 radical (unpaired) electrons. The van der Waals surface area contributed by atoms with E-state index in [1.54, 1.807) is 49.4 Å². The predicted octanol–water partition coefficient (Wildman–Crippen LogP) is 3.89. The van der Waals surface area contributed by atoms with Crippen LogP contribution >= 0.6 is 23.4 Å². The zero-order chi connectivity index (χ0) is 20.2. The van der Waals surface area contributed by atoms with Crippen LogP contribution in [0.25, 0.3) is 0 Å². The third-order valence-corrected chi connectivity index (χ3v) is 5.20. The molecule has 150 valence electrons. The number of fused-ring (bicyclic) bond motifs is 1. The largest absolute Gasteiger partial charge is 0.486 e. The number of aromatic amines is 1. The number of aromatic nitrogens is 3. The molecule has 0 aliphatic carbocycles. The van der Waals surface area contributed by atoms with Gasteiger partial charge < -0.3 is 19.5 Å². The van der Waals surface area contributed by atoms with Gasteiger partial charge in [0.15, 0.2) is 17.3 Å². The van der Waals surface area contributed by atoms with Gasteiger partial charge in [-0.05, 0) is 43.3 Å². The number of benzene rings is 2. The Balaban J connectivity index is 1.29. The summed E-state index contributed by atoms with van der Waals surface area (Å²) in [6.07, 6.45) is 0. The summed E-state index contributed by atoms with van der Waals surface area (Å²) in [6, 6.07) is 12.3. The Morgan fingerprint density at radius 1 is 1.28 bits per heavy atom. The van der Waals surface area contributed by atoms with Crippen molar-refractivity contribution in [3.05, 3.63) is 53.3 Å². The highest BCUT2D eigenvalue weighted by molar-refractivity contribution is 8.00. The summed E-state index contributed by atoms with van der Waals surface area (Å²) in [5, 5.41) is 10.5. The summed E-state index contributed by atoms with van der Waals surface area (Å²) < 4.78 is 16.2. The number of hydrogen-bond donors (Lipinski definition) is 2. The average Bonchev–Trinajstić information content (AvgIpc) is 3.36. The van der Waals surface area contributed by atoms with Crippen molar-refractivity contribution in [3.63, 3.8) is 0 Å². The Hall–Kier alpha value is -2.91. The molecule has 0 bridgehead atoms. The van der Waals surface area contributed by atoms with Crippen LogP contribution in [-0.2, 0) is 11.4 Å². The average molecular weight is 433 g/mol. The quantitative estimate of drug-likeness (QED) is 0.546. The molecule has 1 aliphatic heterocycles. The van der Waals surface area contributed by atoms with Gasteiger partial charge in [-0.1, -0.05) is 23.4 Å². The number of rotatable bonds is 7. The zero-order valence-electron chi connectivity index (χ0n) is 15.3.